The van der Waals surface area contributed by atoms with Crippen LogP contribution in [0.3, 0.4) is 0 Å². The zero-order valence-corrected chi connectivity index (χ0v) is 19.9. The number of nitrogens with zero attached hydrogens (tertiary/aromatic N) is 8. The second kappa shape index (κ2) is 8.55. The molecule has 14 heteroatoms. The number of anilines is 1. The first kappa shape index (κ1) is 22.9. The quantitative estimate of drug-likeness (QED) is 0.342. The number of imidazole rings is 1. The Labute approximate surface area is 212 Å². The molecule has 3 N–H and O–H groups in total. The van der Waals surface area contributed by atoms with Gasteiger partial charge >= 0.3 is 0 Å². The van der Waals surface area contributed by atoms with Crippen molar-refractivity contribution in [2.75, 3.05) is 5.73 Å². The fraction of sp³-hybridized carbons (Fsp3) is 0.174. The van der Waals surface area contributed by atoms with E-state index in [2.05, 4.69) is 35.5 Å². The monoisotopic (exact) mass is 522 g/mol. The minimum atomic E-state index is -0.747. The minimum Gasteiger partial charge on any atom is -0.384 e. The smallest absolute Gasteiger partial charge is 0.254 e. The summed E-state index contributed by atoms with van der Waals surface area (Å²) in [6, 6.07) is 6.67. The first-order valence-corrected chi connectivity index (χ1v) is 11.5. The van der Waals surface area contributed by atoms with E-state index in [1.165, 1.54) is 46.0 Å². The number of nitrogens with one attached hydrogen (secondary N) is 1. The van der Waals surface area contributed by atoms with Crippen molar-refractivity contribution in [1.82, 2.24) is 44.7 Å². The van der Waals surface area contributed by atoms with Crippen molar-refractivity contribution >= 4 is 17.4 Å². The Morgan fingerprint density at radius 2 is 2.03 bits per heavy atom. The molecule has 0 unspecified atom stereocenters. The van der Waals surface area contributed by atoms with Crippen LogP contribution in [0.5, 0.6) is 0 Å². The van der Waals surface area contributed by atoms with Gasteiger partial charge in [0.2, 0.25) is 5.95 Å². The highest BCUT2D eigenvalue weighted by Gasteiger charge is 2.34. The van der Waals surface area contributed by atoms with E-state index in [4.69, 9.17) is 17.3 Å². The van der Waals surface area contributed by atoms with Crippen LogP contribution in [0.1, 0.15) is 37.0 Å². The molecule has 1 aliphatic rings. The van der Waals surface area contributed by atoms with Crippen molar-refractivity contribution in [3.8, 4) is 28.2 Å². The molecule has 5 heterocycles. The maximum absolute atomic E-state index is 15.3. The van der Waals surface area contributed by atoms with Gasteiger partial charge in [-0.25, -0.2) is 19.3 Å². The number of nitrogen functional groups attached to an aromatic ring is 1. The summed E-state index contributed by atoms with van der Waals surface area (Å²) in [6.45, 7) is 1.91. The Morgan fingerprint density at radius 3 is 2.78 bits per heavy atom. The molecule has 0 saturated carbocycles. The molecule has 186 valence electrons. The minimum absolute atomic E-state index is 0.00237. The number of aromatic nitrogens is 9. The van der Waals surface area contributed by atoms with E-state index < -0.39 is 23.4 Å². The van der Waals surface area contributed by atoms with E-state index in [-0.39, 0.29) is 39.3 Å². The molecule has 0 saturated heterocycles. The van der Waals surface area contributed by atoms with Crippen molar-refractivity contribution < 1.29 is 8.78 Å². The number of tetrazole rings is 1. The summed E-state index contributed by atoms with van der Waals surface area (Å²) in [6.07, 6.45) is 3.28. The summed E-state index contributed by atoms with van der Waals surface area (Å²) in [5.41, 5.74) is 6.11. The highest BCUT2D eigenvalue weighted by molar-refractivity contribution is 6.31. The molecule has 0 radical (unpaired) electrons. The van der Waals surface area contributed by atoms with Gasteiger partial charge < -0.3 is 10.7 Å². The molecule has 0 aliphatic carbocycles. The Balaban J connectivity index is 1.44. The van der Waals surface area contributed by atoms with Gasteiger partial charge in [-0.1, -0.05) is 18.5 Å². The van der Waals surface area contributed by atoms with Crippen LogP contribution in [0.4, 0.5) is 14.6 Å². The van der Waals surface area contributed by atoms with Gasteiger partial charge in [0.05, 0.1) is 45.5 Å². The van der Waals surface area contributed by atoms with Crippen LogP contribution in [0, 0.1) is 11.8 Å². The topological polar surface area (TPSA) is 146 Å². The molecular weight excluding hydrogens is 506 g/mol. The number of hydrogen-bond acceptors (Lipinski definition) is 8. The van der Waals surface area contributed by atoms with E-state index in [0.29, 0.717) is 23.8 Å². The van der Waals surface area contributed by atoms with Crippen LogP contribution in [0.2, 0.25) is 5.02 Å². The van der Waals surface area contributed by atoms with E-state index in [0.717, 1.165) is 0 Å². The third kappa shape index (κ3) is 3.74. The molecule has 1 aliphatic heterocycles. The number of halogens is 3. The zero-order valence-electron chi connectivity index (χ0n) is 19.1. The van der Waals surface area contributed by atoms with E-state index >= 15 is 4.39 Å². The third-order valence-corrected chi connectivity index (χ3v) is 6.60. The lowest BCUT2D eigenvalue weighted by Crippen LogP contribution is -2.25. The van der Waals surface area contributed by atoms with Crippen LogP contribution in [-0.4, -0.2) is 44.7 Å². The first-order valence-electron chi connectivity index (χ1n) is 11.1. The summed E-state index contributed by atoms with van der Waals surface area (Å²) < 4.78 is 32.4. The summed E-state index contributed by atoms with van der Waals surface area (Å²) >= 11 is 6.06. The molecule has 4 aromatic heterocycles. The summed E-state index contributed by atoms with van der Waals surface area (Å²) in [4.78, 5) is 29.2. The lowest BCUT2D eigenvalue weighted by atomic mass is 10.1. The average Bonchev–Trinajstić information content (AvgIpc) is 3.62. The average molecular weight is 523 g/mol. The van der Waals surface area contributed by atoms with E-state index in [1.807, 2.05) is 6.92 Å². The van der Waals surface area contributed by atoms with E-state index in [1.54, 1.807) is 6.07 Å². The second-order valence-corrected chi connectivity index (χ2v) is 9.03. The Hall–Kier alpha value is -4.52. The normalized spacial score (nSPS) is 16.8. The molecule has 1 aromatic carbocycles. The second-order valence-electron chi connectivity index (χ2n) is 8.63. The largest absolute Gasteiger partial charge is 0.384 e. The number of hydrogen-bond donors (Lipinski definition) is 2. The number of nitrogens with two attached hydrogens (primary N) is 1. The third-order valence-electron chi connectivity index (χ3n) is 6.31. The van der Waals surface area contributed by atoms with Crippen LogP contribution in [-0.2, 0) is 0 Å². The Morgan fingerprint density at radius 1 is 1.19 bits per heavy atom. The van der Waals surface area contributed by atoms with Gasteiger partial charge in [0.25, 0.3) is 5.56 Å². The standard InChI is InChI=1S/C23H17ClF2N10O/c1-10-6-16(22-28-8-14(30-22)11-2-5-17(27)32-21(11)26)36-18(37)7-13(31-23(10)36)19-15(35-9-29-33-34-35)4-3-12(24)20(19)25/h2-5,7-10,16H,6H2,1H3,(H2,27,32)(H,28,30)/t10-,16-/m1/s1. The zero-order chi connectivity index (χ0) is 25.8. The molecular formula is C23H17ClF2N10O. The molecule has 0 bridgehead atoms. The number of rotatable bonds is 4. The lowest BCUT2D eigenvalue weighted by Gasteiger charge is -2.15. The molecule has 37 heavy (non-hydrogen) atoms. The predicted molar refractivity (Wildman–Crippen MR) is 129 cm³/mol. The van der Waals surface area contributed by atoms with Crippen molar-refractivity contribution in [2.24, 2.45) is 0 Å². The predicted octanol–water partition coefficient (Wildman–Crippen LogP) is 3.28. The number of aromatic amines is 1. The van der Waals surface area contributed by atoms with Crippen LogP contribution < -0.4 is 11.3 Å². The molecule has 0 amide bonds. The van der Waals surface area contributed by atoms with Crippen molar-refractivity contribution in [2.45, 2.75) is 25.3 Å². The number of pyridine rings is 1. The fourth-order valence-corrected chi connectivity index (χ4v) is 4.77. The van der Waals surface area contributed by atoms with E-state index in [9.17, 15) is 9.18 Å². The highest BCUT2D eigenvalue weighted by Crippen LogP contribution is 2.39. The molecule has 5 aromatic rings. The van der Waals surface area contributed by atoms with Crippen molar-refractivity contribution in [3.05, 3.63) is 81.6 Å². The van der Waals surface area contributed by atoms with Crippen LogP contribution >= 0.6 is 11.6 Å². The molecule has 0 fully saturated rings. The maximum Gasteiger partial charge on any atom is 0.254 e. The number of H-pyrrole nitrogens is 1. The molecule has 0 spiro atoms. The Kier molecular flexibility index (Phi) is 5.30. The van der Waals surface area contributed by atoms with Crippen LogP contribution in [0.25, 0.3) is 28.2 Å². The molecule has 6 rings (SSSR count). The highest BCUT2D eigenvalue weighted by atomic mass is 35.5. The number of fused-ring (bicyclic) bond motifs is 1. The lowest BCUT2D eigenvalue weighted by molar-refractivity contribution is 0.555. The van der Waals surface area contributed by atoms with Gasteiger partial charge in [-0.3, -0.25) is 9.36 Å². The maximum atomic E-state index is 15.3. The molecule has 11 nitrogen and oxygen atoms in total. The van der Waals surface area contributed by atoms with Gasteiger partial charge in [-0.05, 0) is 41.1 Å². The van der Waals surface area contributed by atoms with Crippen molar-refractivity contribution in [3.63, 3.8) is 0 Å². The van der Waals surface area contributed by atoms with Gasteiger partial charge in [-0.15, -0.1) is 5.10 Å². The van der Waals surface area contributed by atoms with Crippen LogP contribution in [0.15, 0.2) is 47.7 Å². The SMILES string of the molecule is C[C@@H]1C[C@H](c2ncc(-c3ccc(N)nc3F)[nH]2)n2c1nc(-c1c(-n3cnnn3)ccc(Cl)c1F)cc2=O. The van der Waals surface area contributed by atoms with Gasteiger partial charge in [0.15, 0.2) is 5.82 Å². The summed E-state index contributed by atoms with van der Waals surface area (Å²) in [7, 11) is 0. The fourth-order valence-electron chi connectivity index (χ4n) is 4.62. The summed E-state index contributed by atoms with van der Waals surface area (Å²) in [5.74, 6) is -0.679. The Bertz CT molecular complexity index is 1720. The van der Waals surface area contributed by atoms with Gasteiger partial charge in [-0.2, -0.15) is 9.07 Å². The summed E-state index contributed by atoms with van der Waals surface area (Å²) in [5, 5.41) is 10.9. The first-order chi connectivity index (χ1) is 17.8. The van der Waals surface area contributed by atoms with Crippen molar-refractivity contribution in [1.29, 1.82) is 0 Å². The number of benzene rings is 1. The van der Waals surface area contributed by atoms with Gasteiger partial charge in [0.1, 0.15) is 23.8 Å². The molecule has 2 atom stereocenters. The van der Waals surface area contributed by atoms with Gasteiger partial charge in [0, 0.05) is 12.0 Å².